The van der Waals surface area contributed by atoms with Crippen molar-refractivity contribution in [1.29, 1.82) is 0 Å². The van der Waals surface area contributed by atoms with Gasteiger partial charge in [0.2, 0.25) is 5.91 Å². The van der Waals surface area contributed by atoms with Crippen molar-refractivity contribution in [3.05, 3.63) is 50.5 Å². The maximum atomic E-state index is 14.0. The summed E-state index contributed by atoms with van der Waals surface area (Å²) in [7, 11) is 0. The zero-order chi connectivity index (χ0) is 22.2. The molecule has 0 radical (unpaired) electrons. The number of hydrogen-bond acceptors (Lipinski definition) is 3. The van der Waals surface area contributed by atoms with E-state index in [9.17, 15) is 22.4 Å². The molecular weight excluding hydrogens is 492 g/mol. The molecule has 0 N–H and O–H groups in total. The van der Waals surface area contributed by atoms with Gasteiger partial charge in [0.25, 0.3) is 0 Å². The number of alkyl halides is 3. The third kappa shape index (κ3) is 4.65. The van der Waals surface area contributed by atoms with Gasteiger partial charge in [-0.1, -0.05) is 17.7 Å². The van der Waals surface area contributed by atoms with E-state index in [2.05, 4.69) is 21.0 Å². The van der Waals surface area contributed by atoms with E-state index in [1.54, 1.807) is 17.0 Å². The van der Waals surface area contributed by atoms with Gasteiger partial charge < -0.3 is 4.90 Å². The van der Waals surface area contributed by atoms with Crippen molar-refractivity contribution in [2.75, 3.05) is 26.2 Å². The lowest BCUT2D eigenvalue weighted by Gasteiger charge is -2.36. The van der Waals surface area contributed by atoms with Crippen molar-refractivity contribution in [2.24, 2.45) is 0 Å². The molecule has 0 spiro atoms. The number of nitrogens with zero attached hydrogens (tertiary/aromatic N) is 4. The molecule has 1 aliphatic heterocycles. The van der Waals surface area contributed by atoms with Gasteiger partial charge in [-0.05, 0) is 41.9 Å². The number of halogens is 6. The fraction of sp³-hybridized carbons (Fsp3) is 0.474. The number of benzene rings is 1. The first-order chi connectivity index (χ1) is 14.0. The maximum absolute atomic E-state index is 14.0. The molecule has 5 nitrogen and oxygen atoms in total. The fourth-order valence-corrected chi connectivity index (χ4v) is 4.17. The lowest BCUT2D eigenvalue weighted by molar-refractivity contribution is -0.143. The van der Waals surface area contributed by atoms with Gasteiger partial charge in [0.1, 0.15) is 11.9 Å². The summed E-state index contributed by atoms with van der Waals surface area (Å²) < 4.78 is 54.2. The maximum Gasteiger partial charge on any atom is 0.436 e. The van der Waals surface area contributed by atoms with Gasteiger partial charge in [-0.25, -0.2) is 4.39 Å². The minimum Gasteiger partial charge on any atom is -0.338 e. The summed E-state index contributed by atoms with van der Waals surface area (Å²) in [5, 5.41) is 3.97. The first-order valence-corrected chi connectivity index (χ1v) is 10.4. The quantitative estimate of drug-likeness (QED) is 0.560. The van der Waals surface area contributed by atoms with Crippen LogP contribution < -0.4 is 0 Å². The predicted octanol–water partition coefficient (Wildman–Crippen LogP) is 4.67. The van der Waals surface area contributed by atoms with Crippen LogP contribution in [0.5, 0.6) is 0 Å². The highest BCUT2D eigenvalue weighted by Gasteiger charge is 2.39. The number of amides is 1. The topological polar surface area (TPSA) is 41.4 Å². The number of aromatic nitrogens is 2. The molecule has 1 fully saturated rings. The molecule has 1 amide bonds. The molecule has 1 unspecified atom stereocenters. The van der Waals surface area contributed by atoms with Crippen molar-refractivity contribution in [3.8, 4) is 0 Å². The molecule has 0 saturated carbocycles. The van der Waals surface area contributed by atoms with Crippen LogP contribution in [0, 0.1) is 12.7 Å². The second-order valence-electron chi connectivity index (χ2n) is 7.17. The lowest BCUT2D eigenvalue weighted by Crippen LogP contribution is -2.50. The second kappa shape index (κ2) is 8.84. The van der Waals surface area contributed by atoms with E-state index >= 15 is 0 Å². The van der Waals surface area contributed by atoms with Crippen LogP contribution in [-0.2, 0) is 17.5 Å². The van der Waals surface area contributed by atoms with E-state index in [1.807, 2.05) is 4.90 Å². The molecule has 2 heterocycles. The summed E-state index contributed by atoms with van der Waals surface area (Å²) in [6.07, 6.45) is -4.61. The van der Waals surface area contributed by atoms with Crippen LogP contribution in [0.4, 0.5) is 17.6 Å². The minimum atomic E-state index is -4.61. The van der Waals surface area contributed by atoms with Crippen molar-refractivity contribution in [3.63, 3.8) is 0 Å². The van der Waals surface area contributed by atoms with Gasteiger partial charge in [0.05, 0.1) is 10.2 Å². The Balaban J connectivity index is 1.66. The van der Waals surface area contributed by atoms with E-state index in [-0.39, 0.29) is 21.9 Å². The molecule has 0 aliphatic carbocycles. The summed E-state index contributed by atoms with van der Waals surface area (Å²) in [5.41, 5.74) is -0.411. The van der Waals surface area contributed by atoms with E-state index in [4.69, 9.17) is 11.6 Å². The van der Waals surface area contributed by atoms with Crippen LogP contribution in [-0.4, -0.2) is 51.7 Å². The largest absolute Gasteiger partial charge is 0.436 e. The number of piperazine rings is 1. The molecular formula is C19H20BrClF4N4O. The van der Waals surface area contributed by atoms with E-state index in [0.717, 1.165) is 4.68 Å². The van der Waals surface area contributed by atoms with Crippen molar-refractivity contribution >= 4 is 33.4 Å². The van der Waals surface area contributed by atoms with E-state index in [1.165, 1.54) is 19.9 Å². The molecule has 0 bridgehead atoms. The van der Waals surface area contributed by atoms with Crippen molar-refractivity contribution in [1.82, 2.24) is 19.6 Å². The number of carbonyl (C=O) groups is 1. The molecule has 1 aliphatic rings. The fourth-order valence-electron chi connectivity index (χ4n) is 3.46. The standard InChI is InChI=1S/C19H20BrClF4N4O/c1-11-16(20)17(19(23,24)25)26-29(11)12(2)18(30)28-8-6-27(7-9-28)10-13-14(21)4-3-5-15(13)22/h3-5,12H,6-10H2,1-2H3. The van der Waals surface area contributed by atoms with Crippen LogP contribution in [0.1, 0.15) is 29.9 Å². The molecule has 30 heavy (non-hydrogen) atoms. The Bertz CT molecular complexity index is 921. The Morgan fingerprint density at radius 3 is 2.43 bits per heavy atom. The Morgan fingerprint density at radius 2 is 1.90 bits per heavy atom. The number of hydrogen-bond donors (Lipinski definition) is 0. The number of rotatable bonds is 4. The molecule has 1 saturated heterocycles. The van der Waals surface area contributed by atoms with Crippen LogP contribution in [0.25, 0.3) is 0 Å². The SMILES string of the molecule is Cc1c(Br)c(C(F)(F)F)nn1C(C)C(=O)N1CCN(Cc2c(F)cccc2Cl)CC1. The van der Waals surface area contributed by atoms with Crippen molar-refractivity contribution < 1.29 is 22.4 Å². The highest BCUT2D eigenvalue weighted by Crippen LogP contribution is 2.36. The molecule has 3 rings (SSSR count). The van der Waals surface area contributed by atoms with Gasteiger partial charge in [0, 0.05) is 43.3 Å². The number of carbonyl (C=O) groups excluding carboxylic acids is 1. The first kappa shape index (κ1) is 23.0. The summed E-state index contributed by atoms with van der Waals surface area (Å²) in [6, 6.07) is 3.63. The third-order valence-corrected chi connectivity index (χ3v) is 6.50. The summed E-state index contributed by atoms with van der Waals surface area (Å²) >= 11 is 9.00. The zero-order valence-corrected chi connectivity index (χ0v) is 18.7. The zero-order valence-electron chi connectivity index (χ0n) is 16.3. The molecule has 11 heteroatoms. The Morgan fingerprint density at radius 1 is 1.27 bits per heavy atom. The third-order valence-electron chi connectivity index (χ3n) is 5.20. The molecule has 2 aromatic rings. The van der Waals surface area contributed by atoms with Crippen molar-refractivity contribution in [2.45, 2.75) is 32.6 Å². The van der Waals surface area contributed by atoms with Gasteiger partial charge >= 0.3 is 6.18 Å². The van der Waals surface area contributed by atoms with Gasteiger partial charge in [-0.15, -0.1) is 0 Å². The Kier molecular flexibility index (Phi) is 6.78. The Hall–Kier alpha value is -1.65. The normalized spacial score (nSPS) is 16.7. The van der Waals surface area contributed by atoms with E-state index in [0.29, 0.717) is 43.3 Å². The Labute approximate surface area is 184 Å². The second-order valence-corrected chi connectivity index (χ2v) is 8.37. The first-order valence-electron chi connectivity index (χ1n) is 9.26. The lowest BCUT2D eigenvalue weighted by atomic mass is 10.1. The smallest absolute Gasteiger partial charge is 0.338 e. The summed E-state index contributed by atoms with van der Waals surface area (Å²) in [4.78, 5) is 16.4. The average molecular weight is 512 g/mol. The van der Waals surface area contributed by atoms with Crippen LogP contribution in [0.15, 0.2) is 22.7 Å². The highest BCUT2D eigenvalue weighted by atomic mass is 79.9. The van der Waals surface area contributed by atoms with Gasteiger partial charge in [-0.2, -0.15) is 18.3 Å². The molecule has 1 aromatic carbocycles. The minimum absolute atomic E-state index is 0.166. The molecule has 1 aromatic heterocycles. The van der Waals surface area contributed by atoms with E-state index < -0.39 is 17.9 Å². The molecule has 1 atom stereocenters. The van der Waals surface area contributed by atoms with Gasteiger partial charge in [0.15, 0.2) is 5.69 Å². The molecule has 164 valence electrons. The van der Waals surface area contributed by atoms with Crippen LogP contribution in [0.3, 0.4) is 0 Å². The summed E-state index contributed by atoms with van der Waals surface area (Å²) in [5.74, 6) is -0.694. The monoisotopic (exact) mass is 510 g/mol. The highest BCUT2D eigenvalue weighted by molar-refractivity contribution is 9.10. The van der Waals surface area contributed by atoms with Gasteiger partial charge in [-0.3, -0.25) is 14.4 Å². The predicted molar refractivity (Wildman–Crippen MR) is 108 cm³/mol. The van der Waals surface area contributed by atoms with Crippen LogP contribution in [0.2, 0.25) is 5.02 Å². The average Bonchev–Trinajstić information content (AvgIpc) is 2.99. The van der Waals surface area contributed by atoms with Crippen LogP contribution >= 0.6 is 27.5 Å². The summed E-state index contributed by atoms with van der Waals surface area (Å²) in [6.45, 7) is 5.08.